The van der Waals surface area contributed by atoms with E-state index in [1.807, 2.05) is 0 Å². The number of phenolic OH excluding ortho intramolecular Hbond substituents is 1. The molecule has 0 unspecified atom stereocenters. The predicted octanol–water partition coefficient (Wildman–Crippen LogP) is 2.14. The van der Waals surface area contributed by atoms with Crippen molar-refractivity contribution in [2.24, 2.45) is 0 Å². The molecule has 0 atom stereocenters. The second-order valence-electron chi connectivity index (χ2n) is 3.11. The molecule has 0 spiro atoms. The van der Waals surface area contributed by atoms with Gasteiger partial charge in [-0.05, 0) is 30.5 Å². The molecule has 0 saturated heterocycles. The topological polar surface area (TPSA) is 50.2 Å². The Morgan fingerprint density at radius 2 is 2.14 bits per heavy atom. The molecule has 0 aliphatic heterocycles. The Kier molecular flexibility index (Phi) is 1.93. The van der Waals surface area contributed by atoms with Crippen LogP contribution in [0.1, 0.15) is 17.3 Å². The van der Waals surface area contributed by atoms with Crippen LogP contribution in [0.25, 0.3) is 10.8 Å². The van der Waals surface area contributed by atoms with Crippen molar-refractivity contribution < 1.29 is 9.90 Å². The highest BCUT2D eigenvalue weighted by Crippen LogP contribution is 2.26. The molecule has 3 heteroatoms. The van der Waals surface area contributed by atoms with Crippen LogP contribution in [-0.4, -0.2) is 15.9 Å². The van der Waals surface area contributed by atoms with Gasteiger partial charge in [0.25, 0.3) is 0 Å². The van der Waals surface area contributed by atoms with Gasteiger partial charge in [0.15, 0.2) is 5.78 Å². The summed E-state index contributed by atoms with van der Waals surface area (Å²) in [5.41, 5.74) is 0.366. The number of benzene rings is 1. The number of Topliss-reactive ketones (excluding diaryl/α,β-unsaturated/α-hetero) is 1. The number of pyridine rings is 1. The van der Waals surface area contributed by atoms with Crippen molar-refractivity contribution in [3.05, 3.63) is 36.2 Å². The van der Waals surface area contributed by atoms with Crippen LogP contribution in [0.2, 0.25) is 0 Å². The SMILES string of the molecule is CC(=O)c1c(O)ccc2cnccc12. The molecule has 0 fully saturated rings. The standard InChI is InChI=1S/C11H9NO2/c1-7(13)11-9-4-5-12-6-8(9)2-3-10(11)14/h2-6,14H,1H3. The van der Waals surface area contributed by atoms with E-state index in [0.29, 0.717) is 5.56 Å². The Morgan fingerprint density at radius 1 is 1.36 bits per heavy atom. The molecule has 0 amide bonds. The quantitative estimate of drug-likeness (QED) is 0.696. The van der Waals surface area contributed by atoms with E-state index in [9.17, 15) is 9.90 Å². The van der Waals surface area contributed by atoms with Gasteiger partial charge in [-0.15, -0.1) is 0 Å². The Morgan fingerprint density at radius 3 is 2.86 bits per heavy atom. The van der Waals surface area contributed by atoms with E-state index >= 15 is 0 Å². The Labute approximate surface area is 81.0 Å². The van der Waals surface area contributed by atoms with Gasteiger partial charge in [-0.25, -0.2) is 0 Å². The summed E-state index contributed by atoms with van der Waals surface area (Å²) >= 11 is 0. The number of aromatic hydroxyl groups is 1. The molecule has 0 saturated carbocycles. The summed E-state index contributed by atoms with van der Waals surface area (Å²) in [6.45, 7) is 1.44. The summed E-state index contributed by atoms with van der Waals surface area (Å²) in [5.74, 6) is -0.115. The van der Waals surface area contributed by atoms with E-state index in [2.05, 4.69) is 4.98 Å². The van der Waals surface area contributed by atoms with Crippen molar-refractivity contribution in [1.82, 2.24) is 4.98 Å². The number of ketones is 1. The summed E-state index contributed by atoms with van der Waals surface area (Å²) < 4.78 is 0. The minimum absolute atomic E-state index is 0.0243. The van der Waals surface area contributed by atoms with Gasteiger partial charge in [-0.3, -0.25) is 9.78 Å². The maximum Gasteiger partial charge on any atom is 0.164 e. The Bertz CT molecular complexity index is 506. The molecule has 0 aliphatic rings. The van der Waals surface area contributed by atoms with Crippen LogP contribution in [-0.2, 0) is 0 Å². The lowest BCUT2D eigenvalue weighted by Gasteiger charge is -2.04. The molecule has 2 aromatic rings. The molecule has 0 radical (unpaired) electrons. The molecule has 3 nitrogen and oxygen atoms in total. The first-order valence-corrected chi connectivity index (χ1v) is 4.27. The number of nitrogens with zero attached hydrogens (tertiary/aromatic N) is 1. The van der Waals surface area contributed by atoms with Crippen molar-refractivity contribution in [3.63, 3.8) is 0 Å². The average Bonchev–Trinajstić information content (AvgIpc) is 2.17. The first-order chi connectivity index (χ1) is 6.70. The number of rotatable bonds is 1. The second kappa shape index (κ2) is 3.10. The molecule has 1 aromatic carbocycles. The first kappa shape index (κ1) is 8.69. The lowest BCUT2D eigenvalue weighted by atomic mass is 10.0. The molecule has 0 aliphatic carbocycles. The normalized spacial score (nSPS) is 10.4. The van der Waals surface area contributed by atoms with E-state index < -0.39 is 0 Å². The van der Waals surface area contributed by atoms with Crippen LogP contribution < -0.4 is 0 Å². The minimum Gasteiger partial charge on any atom is -0.507 e. The third-order valence-electron chi connectivity index (χ3n) is 2.15. The highest BCUT2D eigenvalue weighted by Gasteiger charge is 2.10. The lowest BCUT2D eigenvalue weighted by Crippen LogP contribution is -1.94. The summed E-state index contributed by atoms with van der Waals surface area (Å²) in [6.07, 6.45) is 3.27. The highest BCUT2D eigenvalue weighted by atomic mass is 16.3. The van der Waals surface area contributed by atoms with Crippen molar-refractivity contribution in [1.29, 1.82) is 0 Å². The molecule has 2 rings (SSSR count). The maximum absolute atomic E-state index is 11.3. The van der Waals surface area contributed by atoms with Gasteiger partial charge >= 0.3 is 0 Å². The lowest BCUT2D eigenvalue weighted by molar-refractivity contribution is 0.101. The molecular formula is C11H9NO2. The Hall–Kier alpha value is -1.90. The molecule has 0 bridgehead atoms. The van der Waals surface area contributed by atoms with Crippen LogP contribution in [0.5, 0.6) is 5.75 Å². The second-order valence-corrected chi connectivity index (χ2v) is 3.11. The van der Waals surface area contributed by atoms with Gasteiger partial charge in [0, 0.05) is 17.8 Å². The highest BCUT2D eigenvalue weighted by molar-refractivity contribution is 6.09. The molecule has 1 N–H and O–H groups in total. The molecule has 1 heterocycles. The largest absolute Gasteiger partial charge is 0.507 e. The number of aromatic nitrogens is 1. The van der Waals surface area contributed by atoms with Gasteiger partial charge < -0.3 is 5.11 Å². The number of hydrogen-bond donors (Lipinski definition) is 1. The average molecular weight is 187 g/mol. The fraction of sp³-hybridized carbons (Fsp3) is 0.0909. The summed E-state index contributed by atoms with van der Waals surface area (Å²) in [7, 11) is 0. The van der Waals surface area contributed by atoms with E-state index in [1.54, 1.807) is 24.5 Å². The van der Waals surface area contributed by atoms with Gasteiger partial charge in [0.2, 0.25) is 0 Å². The van der Waals surface area contributed by atoms with E-state index in [4.69, 9.17) is 0 Å². The monoisotopic (exact) mass is 187 g/mol. The molecule has 70 valence electrons. The summed E-state index contributed by atoms with van der Waals surface area (Å²) in [4.78, 5) is 15.2. The van der Waals surface area contributed by atoms with Crippen LogP contribution in [0, 0.1) is 0 Å². The number of carbonyl (C=O) groups excluding carboxylic acids is 1. The fourth-order valence-corrected chi connectivity index (χ4v) is 1.53. The summed E-state index contributed by atoms with van der Waals surface area (Å²) in [5, 5.41) is 11.1. The maximum atomic E-state index is 11.3. The van der Waals surface area contributed by atoms with Gasteiger partial charge in [-0.2, -0.15) is 0 Å². The zero-order valence-corrected chi connectivity index (χ0v) is 7.69. The van der Waals surface area contributed by atoms with Crippen molar-refractivity contribution in [2.45, 2.75) is 6.92 Å². The van der Waals surface area contributed by atoms with Gasteiger partial charge in [0.05, 0.1) is 5.56 Å². The molecule has 1 aromatic heterocycles. The number of phenols is 1. The fourth-order valence-electron chi connectivity index (χ4n) is 1.53. The third-order valence-corrected chi connectivity index (χ3v) is 2.15. The van der Waals surface area contributed by atoms with Crippen LogP contribution in [0.15, 0.2) is 30.6 Å². The molecular weight excluding hydrogens is 178 g/mol. The third kappa shape index (κ3) is 1.23. The zero-order valence-electron chi connectivity index (χ0n) is 7.69. The first-order valence-electron chi connectivity index (χ1n) is 4.27. The minimum atomic E-state index is -0.140. The smallest absolute Gasteiger partial charge is 0.164 e. The van der Waals surface area contributed by atoms with Crippen LogP contribution >= 0.6 is 0 Å². The Balaban J connectivity index is 2.90. The zero-order chi connectivity index (χ0) is 10.1. The summed E-state index contributed by atoms with van der Waals surface area (Å²) in [6, 6.07) is 4.98. The number of fused-ring (bicyclic) bond motifs is 1. The predicted molar refractivity (Wildman–Crippen MR) is 53.4 cm³/mol. The van der Waals surface area contributed by atoms with E-state index in [-0.39, 0.29) is 11.5 Å². The van der Waals surface area contributed by atoms with Crippen molar-refractivity contribution in [3.8, 4) is 5.75 Å². The molecule has 14 heavy (non-hydrogen) atoms. The van der Waals surface area contributed by atoms with E-state index in [1.165, 1.54) is 13.0 Å². The number of carbonyl (C=O) groups is 1. The van der Waals surface area contributed by atoms with Gasteiger partial charge in [0.1, 0.15) is 5.75 Å². The van der Waals surface area contributed by atoms with Gasteiger partial charge in [-0.1, -0.05) is 0 Å². The van der Waals surface area contributed by atoms with Crippen LogP contribution in [0.4, 0.5) is 0 Å². The number of hydrogen-bond acceptors (Lipinski definition) is 3. The van der Waals surface area contributed by atoms with Crippen LogP contribution in [0.3, 0.4) is 0 Å². The van der Waals surface area contributed by atoms with E-state index in [0.717, 1.165) is 10.8 Å². The van der Waals surface area contributed by atoms with Crippen molar-refractivity contribution in [2.75, 3.05) is 0 Å². The van der Waals surface area contributed by atoms with Crippen molar-refractivity contribution >= 4 is 16.6 Å².